The van der Waals surface area contributed by atoms with Gasteiger partial charge in [0.15, 0.2) is 0 Å². The Bertz CT molecular complexity index is 93.3. The fraction of sp³-hybridized carbons (Fsp3) is 0.875. The Balaban J connectivity index is 3.51. The highest BCUT2D eigenvalue weighted by Gasteiger charge is 2.08. The van der Waals surface area contributed by atoms with Crippen molar-refractivity contribution in [2.24, 2.45) is 11.8 Å². The Morgan fingerprint density at radius 2 is 2.20 bits per heavy atom. The van der Waals surface area contributed by atoms with Crippen molar-refractivity contribution in [2.45, 2.75) is 26.7 Å². The number of hydrogen-bond acceptors (Lipinski definition) is 1. The largest absolute Gasteiger partial charge is 0.303 e. The smallest absolute Gasteiger partial charge is 0.123 e. The topological polar surface area (TPSA) is 17.1 Å². The summed E-state index contributed by atoms with van der Waals surface area (Å²) in [5.74, 6) is 1.34. The zero-order chi connectivity index (χ0) is 7.98. The molecule has 0 rings (SSSR count). The monoisotopic (exact) mass is 162 g/mol. The molecular weight excluding hydrogens is 148 g/mol. The predicted molar refractivity (Wildman–Crippen MR) is 44.3 cm³/mol. The van der Waals surface area contributed by atoms with E-state index in [-0.39, 0.29) is 5.92 Å². The van der Waals surface area contributed by atoms with E-state index in [0.717, 1.165) is 19.1 Å². The van der Waals surface area contributed by atoms with E-state index >= 15 is 0 Å². The van der Waals surface area contributed by atoms with Gasteiger partial charge in [-0.3, -0.25) is 0 Å². The van der Waals surface area contributed by atoms with Crippen LogP contribution in [0.5, 0.6) is 0 Å². The molecule has 0 aromatic heterocycles. The van der Waals surface area contributed by atoms with Crippen LogP contribution in [-0.2, 0) is 4.79 Å². The van der Waals surface area contributed by atoms with Gasteiger partial charge in [-0.2, -0.15) is 0 Å². The minimum Gasteiger partial charge on any atom is -0.303 e. The normalized spacial score (nSPS) is 16.3. The van der Waals surface area contributed by atoms with Crippen molar-refractivity contribution in [1.82, 2.24) is 0 Å². The SMILES string of the molecule is CCC(C=O)CC(C)CCl. The van der Waals surface area contributed by atoms with Gasteiger partial charge in [-0.05, 0) is 18.8 Å². The Kier molecular flexibility index (Phi) is 5.70. The molecule has 0 aliphatic rings. The fourth-order valence-electron chi connectivity index (χ4n) is 0.898. The first kappa shape index (κ1) is 9.96. The summed E-state index contributed by atoms with van der Waals surface area (Å²) in [5.41, 5.74) is 0. The van der Waals surface area contributed by atoms with E-state index in [9.17, 15) is 4.79 Å². The minimum absolute atomic E-state index is 0.216. The summed E-state index contributed by atoms with van der Waals surface area (Å²) in [5, 5.41) is 0. The molecule has 2 heteroatoms. The van der Waals surface area contributed by atoms with Gasteiger partial charge >= 0.3 is 0 Å². The lowest BCUT2D eigenvalue weighted by Gasteiger charge is -2.10. The summed E-state index contributed by atoms with van der Waals surface area (Å²) in [7, 11) is 0. The molecule has 2 unspecified atom stereocenters. The first-order valence-corrected chi connectivity index (χ1v) is 4.29. The second kappa shape index (κ2) is 5.72. The average molecular weight is 163 g/mol. The molecule has 0 aromatic carbocycles. The molecule has 60 valence electrons. The van der Waals surface area contributed by atoms with Crippen molar-refractivity contribution in [2.75, 3.05) is 5.88 Å². The van der Waals surface area contributed by atoms with Crippen LogP contribution in [0.4, 0.5) is 0 Å². The lowest BCUT2D eigenvalue weighted by Crippen LogP contribution is -2.07. The van der Waals surface area contributed by atoms with E-state index in [1.165, 1.54) is 0 Å². The van der Waals surface area contributed by atoms with Crippen LogP contribution in [0.2, 0.25) is 0 Å². The number of hydrogen-bond donors (Lipinski definition) is 0. The first-order valence-electron chi connectivity index (χ1n) is 3.75. The number of halogens is 1. The molecule has 2 atom stereocenters. The van der Waals surface area contributed by atoms with E-state index in [1.807, 2.05) is 6.92 Å². The van der Waals surface area contributed by atoms with Crippen LogP contribution in [0.25, 0.3) is 0 Å². The number of rotatable bonds is 5. The lowest BCUT2D eigenvalue weighted by molar-refractivity contribution is -0.111. The van der Waals surface area contributed by atoms with Crippen molar-refractivity contribution in [3.63, 3.8) is 0 Å². The van der Waals surface area contributed by atoms with Gasteiger partial charge in [0.2, 0.25) is 0 Å². The lowest BCUT2D eigenvalue weighted by atomic mass is 9.96. The summed E-state index contributed by atoms with van der Waals surface area (Å²) in [6.07, 6.45) is 2.90. The molecule has 0 saturated heterocycles. The first-order chi connectivity index (χ1) is 4.74. The van der Waals surface area contributed by atoms with Crippen molar-refractivity contribution in [3.8, 4) is 0 Å². The average Bonchev–Trinajstić information content (AvgIpc) is 1.99. The van der Waals surface area contributed by atoms with Crippen LogP contribution >= 0.6 is 11.6 Å². The molecule has 10 heavy (non-hydrogen) atoms. The fourth-order valence-corrected chi connectivity index (χ4v) is 1.02. The second-order valence-corrected chi connectivity index (χ2v) is 3.11. The minimum atomic E-state index is 0.216. The number of carbonyl (C=O) groups is 1. The summed E-state index contributed by atoms with van der Waals surface area (Å²) in [6.45, 7) is 4.10. The van der Waals surface area contributed by atoms with Gasteiger partial charge in [-0.1, -0.05) is 13.8 Å². The van der Waals surface area contributed by atoms with Gasteiger partial charge < -0.3 is 4.79 Å². The zero-order valence-electron chi connectivity index (χ0n) is 6.64. The zero-order valence-corrected chi connectivity index (χ0v) is 7.40. The van der Waals surface area contributed by atoms with E-state index in [4.69, 9.17) is 11.6 Å². The van der Waals surface area contributed by atoms with E-state index in [0.29, 0.717) is 11.8 Å². The molecule has 0 spiro atoms. The highest BCUT2D eigenvalue weighted by atomic mass is 35.5. The van der Waals surface area contributed by atoms with E-state index in [2.05, 4.69) is 6.92 Å². The van der Waals surface area contributed by atoms with E-state index in [1.54, 1.807) is 0 Å². The molecule has 0 N–H and O–H groups in total. The molecule has 0 aliphatic heterocycles. The predicted octanol–water partition coefficient (Wildman–Crippen LogP) is 2.48. The highest BCUT2D eigenvalue weighted by molar-refractivity contribution is 6.18. The van der Waals surface area contributed by atoms with Crippen LogP contribution < -0.4 is 0 Å². The van der Waals surface area contributed by atoms with Gasteiger partial charge in [0.1, 0.15) is 6.29 Å². The molecule has 0 aromatic rings. The molecule has 0 heterocycles. The van der Waals surface area contributed by atoms with Crippen molar-refractivity contribution < 1.29 is 4.79 Å². The Morgan fingerprint density at radius 3 is 2.50 bits per heavy atom. The molecular formula is C8H15ClO. The molecule has 1 nitrogen and oxygen atoms in total. The van der Waals surface area contributed by atoms with Gasteiger partial charge in [-0.15, -0.1) is 11.6 Å². The van der Waals surface area contributed by atoms with E-state index < -0.39 is 0 Å². The standard InChI is InChI=1S/C8H15ClO/c1-3-8(6-10)4-7(2)5-9/h6-8H,3-5H2,1-2H3. The maximum atomic E-state index is 10.3. The van der Waals surface area contributed by atoms with Crippen LogP contribution in [0, 0.1) is 11.8 Å². The van der Waals surface area contributed by atoms with Crippen LogP contribution in [0.1, 0.15) is 26.7 Å². The Hall–Kier alpha value is -0.0400. The molecule has 0 aliphatic carbocycles. The Morgan fingerprint density at radius 1 is 1.60 bits per heavy atom. The van der Waals surface area contributed by atoms with Gasteiger partial charge in [0, 0.05) is 11.8 Å². The summed E-state index contributed by atoms with van der Waals surface area (Å²) >= 11 is 5.59. The van der Waals surface area contributed by atoms with Crippen LogP contribution in [0.3, 0.4) is 0 Å². The summed E-state index contributed by atoms with van der Waals surface area (Å²) in [6, 6.07) is 0. The van der Waals surface area contributed by atoms with Gasteiger partial charge in [0.05, 0.1) is 0 Å². The number of alkyl halides is 1. The van der Waals surface area contributed by atoms with Crippen LogP contribution in [-0.4, -0.2) is 12.2 Å². The summed E-state index contributed by atoms with van der Waals surface area (Å²) < 4.78 is 0. The van der Waals surface area contributed by atoms with Gasteiger partial charge in [-0.25, -0.2) is 0 Å². The van der Waals surface area contributed by atoms with Crippen molar-refractivity contribution in [1.29, 1.82) is 0 Å². The van der Waals surface area contributed by atoms with Gasteiger partial charge in [0.25, 0.3) is 0 Å². The molecule has 0 radical (unpaired) electrons. The third-order valence-corrected chi connectivity index (χ3v) is 2.21. The maximum Gasteiger partial charge on any atom is 0.123 e. The Labute approximate surface area is 67.8 Å². The highest BCUT2D eigenvalue weighted by Crippen LogP contribution is 2.13. The van der Waals surface area contributed by atoms with Crippen molar-refractivity contribution >= 4 is 17.9 Å². The number of aldehydes is 1. The molecule has 0 bridgehead atoms. The number of carbonyl (C=O) groups excluding carboxylic acids is 1. The third-order valence-electron chi connectivity index (χ3n) is 1.69. The molecule has 0 saturated carbocycles. The van der Waals surface area contributed by atoms with Crippen molar-refractivity contribution in [3.05, 3.63) is 0 Å². The quantitative estimate of drug-likeness (QED) is 0.449. The molecule has 0 fully saturated rings. The second-order valence-electron chi connectivity index (χ2n) is 2.80. The molecule has 0 amide bonds. The summed E-state index contributed by atoms with van der Waals surface area (Å²) in [4.78, 5) is 10.3. The third kappa shape index (κ3) is 3.89. The maximum absolute atomic E-state index is 10.3. The van der Waals surface area contributed by atoms with Crippen LogP contribution in [0.15, 0.2) is 0 Å².